The molecule has 6 bridgehead atoms. The van der Waals surface area contributed by atoms with Crippen LogP contribution < -0.4 is 4.90 Å². The first kappa shape index (κ1) is 28.2. The molecule has 1 heteroatoms. The van der Waals surface area contributed by atoms with Crippen LogP contribution in [0.5, 0.6) is 0 Å². The van der Waals surface area contributed by atoms with Crippen LogP contribution in [0.4, 0.5) is 17.1 Å². The maximum atomic E-state index is 2.43. The molecule has 0 saturated heterocycles. The Morgan fingerprint density at radius 2 is 0.686 bits per heavy atom. The van der Waals surface area contributed by atoms with Crippen LogP contribution in [0, 0.1) is 0 Å². The molecule has 0 N–H and O–H groups in total. The summed E-state index contributed by atoms with van der Waals surface area (Å²) >= 11 is 0. The van der Waals surface area contributed by atoms with Gasteiger partial charge >= 0.3 is 0 Å². The van der Waals surface area contributed by atoms with E-state index in [0.717, 1.165) is 17.1 Å². The minimum absolute atomic E-state index is 1.12. The molecular formula is C50H31N. The Labute approximate surface area is 297 Å². The van der Waals surface area contributed by atoms with E-state index in [-0.39, 0.29) is 0 Å². The lowest BCUT2D eigenvalue weighted by Gasteiger charge is -2.28. The molecule has 0 atom stereocenters. The second-order valence-corrected chi connectivity index (χ2v) is 13.7. The molecule has 9 aromatic rings. The van der Waals surface area contributed by atoms with Crippen molar-refractivity contribution in [1.29, 1.82) is 0 Å². The lowest BCUT2D eigenvalue weighted by molar-refractivity contribution is 1.29. The quantitative estimate of drug-likeness (QED) is 0.184. The van der Waals surface area contributed by atoms with E-state index in [1.54, 1.807) is 0 Å². The van der Waals surface area contributed by atoms with Crippen LogP contribution in [-0.2, 0) is 0 Å². The highest BCUT2D eigenvalue weighted by atomic mass is 15.1. The van der Waals surface area contributed by atoms with Crippen LogP contribution in [0.25, 0.3) is 88.3 Å². The number of anilines is 3. The van der Waals surface area contributed by atoms with Gasteiger partial charge in [0.2, 0.25) is 0 Å². The Balaban J connectivity index is 1.12. The Morgan fingerprint density at radius 3 is 1.39 bits per heavy atom. The van der Waals surface area contributed by atoms with E-state index in [2.05, 4.69) is 193 Å². The fourth-order valence-electron chi connectivity index (χ4n) is 8.57. The van der Waals surface area contributed by atoms with Gasteiger partial charge in [-0.05, 0) is 131 Å². The summed E-state index contributed by atoms with van der Waals surface area (Å²) < 4.78 is 0. The van der Waals surface area contributed by atoms with E-state index >= 15 is 0 Å². The molecule has 0 saturated carbocycles. The molecule has 0 heterocycles. The molecule has 11 rings (SSSR count). The van der Waals surface area contributed by atoms with E-state index in [4.69, 9.17) is 0 Å². The number of nitrogens with zero attached hydrogens (tertiary/aromatic N) is 1. The fourth-order valence-corrected chi connectivity index (χ4v) is 8.57. The monoisotopic (exact) mass is 645 g/mol. The van der Waals surface area contributed by atoms with Crippen molar-refractivity contribution in [2.24, 2.45) is 0 Å². The first-order chi connectivity index (χ1) is 25.3. The predicted octanol–water partition coefficient (Wildman–Crippen LogP) is 14.1. The van der Waals surface area contributed by atoms with Gasteiger partial charge in [-0.1, -0.05) is 146 Å². The fraction of sp³-hybridized carbons (Fsp3) is 0. The SMILES string of the molecule is c1ccc2c(c1)-c1cccc3c1-c1cc(N(c4ccc(-c5ccc6ccccc6c5)cc4)c4ccc5ccccc5c4)ccc1-c1cccc-3c1-2. The summed E-state index contributed by atoms with van der Waals surface area (Å²) in [6, 6.07) is 69.5. The van der Waals surface area contributed by atoms with Gasteiger partial charge < -0.3 is 4.90 Å². The van der Waals surface area contributed by atoms with Gasteiger partial charge in [0.05, 0.1) is 0 Å². The molecular weight excluding hydrogens is 615 g/mol. The Morgan fingerprint density at radius 1 is 0.235 bits per heavy atom. The van der Waals surface area contributed by atoms with Gasteiger partial charge in [-0.25, -0.2) is 0 Å². The molecule has 0 fully saturated rings. The average molecular weight is 646 g/mol. The van der Waals surface area contributed by atoms with E-state index in [9.17, 15) is 0 Å². The van der Waals surface area contributed by atoms with Crippen molar-refractivity contribution in [2.75, 3.05) is 4.90 Å². The first-order valence-electron chi connectivity index (χ1n) is 17.7. The minimum atomic E-state index is 1.12. The van der Waals surface area contributed by atoms with Crippen molar-refractivity contribution in [3.05, 3.63) is 188 Å². The largest absolute Gasteiger partial charge is 0.310 e. The van der Waals surface area contributed by atoms with Crippen molar-refractivity contribution in [2.45, 2.75) is 0 Å². The van der Waals surface area contributed by atoms with E-state index < -0.39 is 0 Å². The maximum absolute atomic E-state index is 2.43. The molecule has 2 aliphatic carbocycles. The zero-order chi connectivity index (χ0) is 33.5. The lowest BCUT2D eigenvalue weighted by atomic mass is 9.83. The standard InChI is InChI=1S/C50H31N/c1-3-11-35-29-37(20-19-32(35)9-1)34-21-24-38(25-22-34)51(39-26-23-33-10-2-4-12-36(33)30-39)40-27-28-42-45-16-8-17-46-47-18-7-15-44(50(47)48(42)31-40)41-13-5-6-14-43(41)49(45)46/h1-31H. The zero-order valence-corrected chi connectivity index (χ0v) is 27.8. The molecule has 0 radical (unpaired) electrons. The van der Waals surface area contributed by atoms with Crippen molar-refractivity contribution >= 4 is 38.6 Å². The van der Waals surface area contributed by atoms with Gasteiger partial charge in [-0.3, -0.25) is 0 Å². The first-order valence-corrected chi connectivity index (χ1v) is 17.7. The van der Waals surface area contributed by atoms with Gasteiger partial charge in [0.1, 0.15) is 0 Å². The van der Waals surface area contributed by atoms with Crippen LogP contribution >= 0.6 is 0 Å². The third-order valence-electron chi connectivity index (χ3n) is 10.9. The highest BCUT2D eigenvalue weighted by Crippen LogP contribution is 2.57. The van der Waals surface area contributed by atoms with Crippen molar-refractivity contribution in [1.82, 2.24) is 0 Å². The maximum Gasteiger partial charge on any atom is 0.0468 e. The molecule has 9 aromatic carbocycles. The van der Waals surface area contributed by atoms with Crippen molar-refractivity contribution in [3.8, 4) is 66.8 Å². The normalized spacial score (nSPS) is 11.9. The van der Waals surface area contributed by atoms with Crippen LogP contribution in [-0.4, -0.2) is 0 Å². The summed E-state index contributed by atoms with van der Waals surface area (Å²) in [5.41, 5.74) is 18.8. The molecule has 0 spiro atoms. The van der Waals surface area contributed by atoms with Crippen molar-refractivity contribution in [3.63, 3.8) is 0 Å². The minimum Gasteiger partial charge on any atom is -0.310 e. The summed E-state index contributed by atoms with van der Waals surface area (Å²) in [7, 11) is 0. The second kappa shape index (κ2) is 10.9. The number of rotatable bonds is 4. The molecule has 236 valence electrons. The van der Waals surface area contributed by atoms with Gasteiger partial charge in [0, 0.05) is 17.1 Å². The van der Waals surface area contributed by atoms with Gasteiger partial charge in [-0.15, -0.1) is 0 Å². The zero-order valence-electron chi connectivity index (χ0n) is 27.8. The second-order valence-electron chi connectivity index (χ2n) is 13.7. The molecule has 1 nitrogen and oxygen atoms in total. The predicted molar refractivity (Wildman–Crippen MR) is 216 cm³/mol. The third-order valence-corrected chi connectivity index (χ3v) is 10.9. The van der Waals surface area contributed by atoms with E-state index in [1.165, 1.54) is 88.3 Å². The molecule has 0 aliphatic heterocycles. The lowest BCUT2D eigenvalue weighted by Crippen LogP contribution is -2.10. The summed E-state index contributed by atoms with van der Waals surface area (Å²) in [4.78, 5) is 2.42. The van der Waals surface area contributed by atoms with Crippen LogP contribution in [0.1, 0.15) is 0 Å². The topological polar surface area (TPSA) is 3.24 Å². The van der Waals surface area contributed by atoms with Crippen LogP contribution in [0.3, 0.4) is 0 Å². The number of hydrogen-bond acceptors (Lipinski definition) is 1. The molecule has 0 aromatic heterocycles. The van der Waals surface area contributed by atoms with E-state index in [0.29, 0.717) is 0 Å². The van der Waals surface area contributed by atoms with Crippen molar-refractivity contribution < 1.29 is 0 Å². The molecule has 0 amide bonds. The highest BCUT2D eigenvalue weighted by molar-refractivity contribution is 6.15. The smallest absolute Gasteiger partial charge is 0.0468 e. The van der Waals surface area contributed by atoms with Crippen LogP contribution in [0.2, 0.25) is 0 Å². The molecule has 51 heavy (non-hydrogen) atoms. The number of benzene rings is 9. The molecule has 2 aliphatic rings. The van der Waals surface area contributed by atoms with Crippen LogP contribution in [0.15, 0.2) is 188 Å². The summed E-state index contributed by atoms with van der Waals surface area (Å²) in [6.45, 7) is 0. The average Bonchev–Trinajstić information content (AvgIpc) is 3.30. The Bertz CT molecular complexity index is 2840. The Hall–Kier alpha value is -6.70. The summed E-state index contributed by atoms with van der Waals surface area (Å²) in [5.74, 6) is 0. The number of hydrogen-bond donors (Lipinski definition) is 0. The molecule has 0 unspecified atom stereocenters. The van der Waals surface area contributed by atoms with Gasteiger partial charge in [0.15, 0.2) is 0 Å². The van der Waals surface area contributed by atoms with E-state index in [1.807, 2.05) is 0 Å². The van der Waals surface area contributed by atoms with Gasteiger partial charge in [0.25, 0.3) is 0 Å². The Kier molecular flexibility index (Phi) is 6.02. The van der Waals surface area contributed by atoms with Gasteiger partial charge in [-0.2, -0.15) is 0 Å². The highest BCUT2D eigenvalue weighted by Gasteiger charge is 2.31. The number of fused-ring (bicyclic) bond motifs is 6. The summed E-state index contributed by atoms with van der Waals surface area (Å²) in [5, 5.41) is 4.98. The summed E-state index contributed by atoms with van der Waals surface area (Å²) in [6.07, 6.45) is 0. The third kappa shape index (κ3) is 4.28.